The molecule has 0 aromatic carbocycles. The molecule has 0 atom stereocenters. The van der Waals surface area contributed by atoms with Gasteiger partial charge < -0.3 is 4.74 Å². The van der Waals surface area contributed by atoms with Gasteiger partial charge in [-0.3, -0.25) is 9.69 Å². The summed E-state index contributed by atoms with van der Waals surface area (Å²) >= 11 is 1.72. The van der Waals surface area contributed by atoms with Gasteiger partial charge in [-0.25, -0.2) is 4.98 Å². The molecule has 100 valence electrons. The van der Waals surface area contributed by atoms with Crippen LogP contribution in [-0.2, 0) is 16.1 Å². The first-order valence-electron chi connectivity index (χ1n) is 6.42. The molecule has 0 saturated heterocycles. The van der Waals surface area contributed by atoms with Crippen LogP contribution >= 0.6 is 11.3 Å². The summed E-state index contributed by atoms with van der Waals surface area (Å²) in [6, 6.07) is 0.541. The van der Waals surface area contributed by atoms with Crippen LogP contribution in [0.15, 0.2) is 0 Å². The van der Waals surface area contributed by atoms with Crippen molar-refractivity contribution in [2.75, 3.05) is 13.2 Å². The molecule has 1 saturated carbocycles. The van der Waals surface area contributed by atoms with Crippen LogP contribution in [0.5, 0.6) is 0 Å². The zero-order valence-corrected chi connectivity index (χ0v) is 12.0. The summed E-state index contributed by atoms with van der Waals surface area (Å²) in [7, 11) is 0. The molecule has 0 radical (unpaired) electrons. The first kappa shape index (κ1) is 13.5. The minimum Gasteiger partial charge on any atom is -0.465 e. The van der Waals surface area contributed by atoms with Gasteiger partial charge in [-0.1, -0.05) is 0 Å². The Labute approximate surface area is 112 Å². The highest BCUT2D eigenvalue weighted by molar-refractivity contribution is 7.11. The lowest BCUT2D eigenvalue weighted by atomic mass is 10.4. The predicted molar refractivity (Wildman–Crippen MR) is 71.7 cm³/mol. The molecule has 18 heavy (non-hydrogen) atoms. The third-order valence-electron chi connectivity index (χ3n) is 3.11. The Hall–Kier alpha value is -0.940. The molecule has 1 aliphatic rings. The average molecular weight is 268 g/mol. The highest BCUT2D eigenvalue weighted by Gasteiger charge is 2.31. The number of aromatic nitrogens is 1. The highest BCUT2D eigenvalue weighted by atomic mass is 32.1. The van der Waals surface area contributed by atoms with E-state index in [1.807, 2.05) is 13.8 Å². The van der Waals surface area contributed by atoms with Gasteiger partial charge in [-0.15, -0.1) is 11.3 Å². The third-order valence-corrected chi connectivity index (χ3v) is 4.17. The lowest BCUT2D eigenvalue weighted by Crippen LogP contribution is -2.32. The van der Waals surface area contributed by atoms with Gasteiger partial charge in [0.1, 0.15) is 5.01 Å². The van der Waals surface area contributed by atoms with Crippen molar-refractivity contribution in [3.63, 3.8) is 0 Å². The van der Waals surface area contributed by atoms with E-state index in [4.69, 9.17) is 4.74 Å². The van der Waals surface area contributed by atoms with Crippen molar-refractivity contribution in [2.24, 2.45) is 0 Å². The summed E-state index contributed by atoms with van der Waals surface area (Å²) in [5.41, 5.74) is 1.10. The molecule has 0 spiro atoms. The Kier molecular flexibility index (Phi) is 4.35. The number of nitrogens with zero attached hydrogens (tertiary/aromatic N) is 2. The van der Waals surface area contributed by atoms with E-state index in [0.29, 0.717) is 19.2 Å². The van der Waals surface area contributed by atoms with E-state index in [9.17, 15) is 4.79 Å². The van der Waals surface area contributed by atoms with Gasteiger partial charge in [-0.05, 0) is 33.6 Å². The summed E-state index contributed by atoms with van der Waals surface area (Å²) in [6.07, 6.45) is 2.37. The van der Waals surface area contributed by atoms with Crippen molar-refractivity contribution in [1.82, 2.24) is 9.88 Å². The zero-order valence-electron chi connectivity index (χ0n) is 11.2. The summed E-state index contributed by atoms with van der Waals surface area (Å²) < 4.78 is 5.02. The fourth-order valence-electron chi connectivity index (χ4n) is 1.91. The van der Waals surface area contributed by atoms with Crippen LogP contribution in [0, 0.1) is 13.8 Å². The number of ether oxygens (including phenoxy) is 1. The van der Waals surface area contributed by atoms with Crippen molar-refractivity contribution in [3.8, 4) is 0 Å². The highest BCUT2D eigenvalue weighted by Crippen LogP contribution is 2.29. The van der Waals surface area contributed by atoms with Crippen molar-refractivity contribution < 1.29 is 9.53 Å². The summed E-state index contributed by atoms with van der Waals surface area (Å²) in [6.45, 7) is 7.56. The second kappa shape index (κ2) is 5.80. The lowest BCUT2D eigenvalue weighted by Gasteiger charge is -2.19. The SMILES string of the molecule is CCOC(=O)CN(Cc1nc(C)c(C)s1)C1CC1. The Bertz CT molecular complexity index is 407. The lowest BCUT2D eigenvalue weighted by molar-refractivity contribution is -0.144. The molecule has 2 rings (SSSR count). The molecule has 1 heterocycles. The number of carbonyl (C=O) groups is 1. The van der Waals surface area contributed by atoms with Crippen molar-refractivity contribution >= 4 is 17.3 Å². The number of thiazole rings is 1. The van der Waals surface area contributed by atoms with E-state index in [-0.39, 0.29) is 5.97 Å². The van der Waals surface area contributed by atoms with Gasteiger partial charge >= 0.3 is 5.97 Å². The van der Waals surface area contributed by atoms with Crippen LogP contribution in [0.3, 0.4) is 0 Å². The number of aryl methyl sites for hydroxylation is 2. The third kappa shape index (κ3) is 3.53. The smallest absolute Gasteiger partial charge is 0.320 e. The number of hydrogen-bond donors (Lipinski definition) is 0. The maximum absolute atomic E-state index is 11.6. The van der Waals surface area contributed by atoms with E-state index in [2.05, 4.69) is 16.8 Å². The van der Waals surface area contributed by atoms with E-state index in [1.54, 1.807) is 11.3 Å². The van der Waals surface area contributed by atoms with E-state index in [1.165, 1.54) is 17.7 Å². The molecule has 1 aliphatic carbocycles. The second-order valence-electron chi connectivity index (χ2n) is 4.69. The number of rotatable bonds is 6. The molecule has 0 aliphatic heterocycles. The van der Waals surface area contributed by atoms with E-state index >= 15 is 0 Å². The molecule has 0 bridgehead atoms. The van der Waals surface area contributed by atoms with Crippen LogP contribution in [-0.4, -0.2) is 35.0 Å². The maximum atomic E-state index is 11.6. The summed E-state index contributed by atoms with van der Waals surface area (Å²) in [5.74, 6) is -0.130. The maximum Gasteiger partial charge on any atom is 0.320 e. The predicted octanol–water partition coefficient (Wildman–Crippen LogP) is 2.29. The van der Waals surface area contributed by atoms with Gasteiger partial charge in [0.25, 0.3) is 0 Å². The van der Waals surface area contributed by atoms with Gasteiger partial charge in [0.15, 0.2) is 0 Å². The fraction of sp³-hybridized carbons (Fsp3) is 0.692. The molecule has 4 nitrogen and oxygen atoms in total. The quantitative estimate of drug-likeness (QED) is 0.742. The number of carbonyl (C=O) groups excluding carboxylic acids is 1. The van der Waals surface area contributed by atoms with E-state index in [0.717, 1.165) is 17.2 Å². The van der Waals surface area contributed by atoms with Crippen molar-refractivity contribution in [1.29, 1.82) is 0 Å². The monoisotopic (exact) mass is 268 g/mol. The second-order valence-corrected chi connectivity index (χ2v) is 5.98. The molecule has 0 amide bonds. The molecule has 1 aromatic heterocycles. The van der Waals surface area contributed by atoms with Crippen molar-refractivity contribution in [2.45, 2.75) is 46.2 Å². The molecule has 1 fully saturated rings. The molecule has 1 aromatic rings. The van der Waals surface area contributed by atoms with Gasteiger partial charge in [0.05, 0.1) is 25.4 Å². The molecular weight excluding hydrogens is 248 g/mol. The standard InChI is InChI=1S/C13H20N2O2S/c1-4-17-13(16)8-15(11-5-6-11)7-12-14-9(2)10(3)18-12/h11H,4-8H2,1-3H3. The molecule has 0 N–H and O–H groups in total. The first-order valence-corrected chi connectivity index (χ1v) is 7.24. The molecule has 0 unspecified atom stereocenters. The zero-order chi connectivity index (χ0) is 13.1. The largest absolute Gasteiger partial charge is 0.465 e. The molecular formula is C13H20N2O2S. The normalized spacial score (nSPS) is 15.1. The van der Waals surface area contributed by atoms with Gasteiger partial charge in [0.2, 0.25) is 0 Å². The van der Waals surface area contributed by atoms with Crippen LogP contribution in [0.25, 0.3) is 0 Å². The molecule has 5 heteroatoms. The Morgan fingerprint density at radius 1 is 1.50 bits per heavy atom. The fourth-order valence-corrected chi connectivity index (χ4v) is 2.87. The average Bonchev–Trinajstić information content (AvgIpc) is 3.07. The Morgan fingerprint density at radius 3 is 2.72 bits per heavy atom. The summed E-state index contributed by atoms with van der Waals surface area (Å²) in [4.78, 5) is 19.6. The Balaban J connectivity index is 1.95. The summed E-state index contributed by atoms with van der Waals surface area (Å²) in [5, 5.41) is 1.10. The minimum absolute atomic E-state index is 0.130. The van der Waals surface area contributed by atoms with Crippen molar-refractivity contribution in [3.05, 3.63) is 15.6 Å². The van der Waals surface area contributed by atoms with Crippen LogP contribution < -0.4 is 0 Å². The Morgan fingerprint density at radius 2 is 2.22 bits per heavy atom. The van der Waals surface area contributed by atoms with Crippen LogP contribution in [0.2, 0.25) is 0 Å². The van der Waals surface area contributed by atoms with Gasteiger partial charge in [0, 0.05) is 10.9 Å². The first-order chi connectivity index (χ1) is 8.60. The topological polar surface area (TPSA) is 42.4 Å². The van der Waals surface area contributed by atoms with Gasteiger partial charge in [-0.2, -0.15) is 0 Å². The minimum atomic E-state index is -0.130. The van der Waals surface area contributed by atoms with Crippen LogP contribution in [0.1, 0.15) is 35.3 Å². The van der Waals surface area contributed by atoms with Crippen LogP contribution in [0.4, 0.5) is 0 Å². The number of hydrogen-bond acceptors (Lipinski definition) is 5. The number of esters is 1. The van der Waals surface area contributed by atoms with E-state index < -0.39 is 0 Å².